The third kappa shape index (κ3) is 5.19. The molecular weight excluding hydrogens is 256 g/mol. The van der Waals surface area contributed by atoms with Crippen LogP contribution in [-0.4, -0.2) is 34.8 Å². The first kappa shape index (κ1) is 16.5. The largest absolute Gasteiger partial charge is 0.508 e. The number of aromatic hydroxyl groups is 1. The summed E-state index contributed by atoms with van der Waals surface area (Å²) in [6, 6.07) is 5.93. The molecule has 1 aromatic rings. The Bertz CT molecular complexity index is 418. The molecule has 5 heteroatoms. The Balaban J connectivity index is 2.55. The molecule has 112 valence electrons. The summed E-state index contributed by atoms with van der Waals surface area (Å²) in [5.74, 6) is 0.215. The zero-order valence-electron chi connectivity index (χ0n) is 12.0. The number of phenols is 1. The van der Waals surface area contributed by atoms with E-state index in [-0.39, 0.29) is 30.2 Å². The summed E-state index contributed by atoms with van der Waals surface area (Å²) in [4.78, 5) is 12.0. The molecule has 0 heterocycles. The van der Waals surface area contributed by atoms with Crippen LogP contribution in [-0.2, 0) is 11.2 Å². The molecule has 0 aliphatic carbocycles. The van der Waals surface area contributed by atoms with Gasteiger partial charge in [-0.1, -0.05) is 26.0 Å². The van der Waals surface area contributed by atoms with Crippen LogP contribution in [0.1, 0.15) is 25.8 Å². The summed E-state index contributed by atoms with van der Waals surface area (Å²) < 4.78 is 0. The molecule has 0 aliphatic heterocycles. The van der Waals surface area contributed by atoms with E-state index in [1.807, 2.05) is 13.8 Å². The molecule has 0 saturated heterocycles. The van der Waals surface area contributed by atoms with Crippen molar-refractivity contribution in [3.63, 3.8) is 0 Å². The van der Waals surface area contributed by atoms with Gasteiger partial charge in [0, 0.05) is 12.6 Å². The number of carbonyl (C=O) groups excluding carboxylic acids is 1. The third-order valence-corrected chi connectivity index (χ3v) is 3.30. The lowest BCUT2D eigenvalue weighted by atomic mass is 10.00. The van der Waals surface area contributed by atoms with Crippen molar-refractivity contribution in [1.82, 2.24) is 5.32 Å². The Kier molecular flexibility index (Phi) is 6.48. The maximum Gasteiger partial charge on any atom is 0.237 e. The number of nitrogens with one attached hydrogen (secondary N) is 1. The van der Waals surface area contributed by atoms with Crippen molar-refractivity contribution in [3.05, 3.63) is 29.8 Å². The van der Waals surface area contributed by atoms with Crippen LogP contribution in [0.25, 0.3) is 0 Å². The average Bonchev–Trinajstić information content (AvgIpc) is 2.40. The lowest BCUT2D eigenvalue weighted by Gasteiger charge is -2.23. The van der Waals surface area contributed by atoms with Gasteiger partial charge >= 0.3 is 0 Å². The summed E-state index contributed by atoms with van der Waals surface area (Å²) in [5, 5.41) is 21.1. The van der Waals surface area contributed by atoms with Gasteiger partial charge in [0.1, 0.15) is 5.75 Å². The second-order valence-electron chi connectivity index (χ2n) is 5.35. The number of aliphatic hydroxyl groups excluding tert-OH is 1. The molecule has 0 fully saturated rings. The third-order valence-electron chi connectivity index (χ3n) is 3.30. The first-order valence-electron chi connectivity index (χ1n) is 6.88. The molecule has 1 rings (SSSR count). The number of hydrogen-bond donors (Lipinski definition) is 4. The first-order chi connectivity index (χ1) is 9.43. The van der Waals surface area contributed by atoms with E-state index in [4.69, 9.17) is 10.8 Å². The van der Waals surface area contributed by atoms with E-state index in [9.17, 15) is 9.90 Å². The highest BCUT2D eigenvalue weighted by molar-refractivity contribution is 5.82. The molecule has 5 N–H and O–H groups in total. The van der Waals surface area contributed by atoms with Gasteiger partial charge in [-0.05, 0) is 36.5 Å². The second-order valence-corrected chi connectivity index (χ2v) is 5.35. The maximum absolute atomic E-state index is 12.0. The number of amides is 1. The fourth-order valence-electron chi connectivity index (χ4n) is 1.98. The number of hydrogen-bond acceptors (Lipinski definition) is 4. The summed E-state index contributed by atoms with van der Waals surface area (Å²) in [7, 11) is 0. The van der Waals surface area contributed by atoms with E-state index in [1.165, 1.54) is 0 Å². The quantitative estimate of drug-likeness (QED) is 0.593. The number of nitrogens with two attached hydrogens (primary N) is 1. The van der Waals surface area contributed by atoms with E-state index in [0.29, 0.717) is 12.8 Å². The van der Waals surface area contributed by atoms with Crippen LogP contribution < -0.4 is 11.1 Å². The van der Waals surface area contributed by atoms with Gasteiger partial charge in [0.15, 0.2) is 0 Å². The minimum Gasteiger partial charge on any atom is -0.508 e. The van der Waals surface area contributed by atoms with Gasteiger partial charge in [0.25, 0.3) is 0 Å². The van der Waals surface area contributed by atoms with Crippen LogP contribution in [0, 0.1) is 5.92 Å². The minimum absolute atomic E-state index is 0.0380. The van der Waals surface area contributed by atoms with Gasteiger partial charge in [-0.3, -0.25) is 4.79 Å². The molecule has 5 nitrogen and oxygen atoms in total. The normalized spacial score (nSPS) is 14.1. The molecular formula is C15H24N2O3. The average molecular weight is 280 g/mol. The fraction of sp³-hybridized carbons (Fsp3) is 0.533. The summed E-state index contributed by atoms with van der Waals surface area (Å²) in [5.41, 5.74) is 6.79. The minimum atomic E-state index is -0.639. The van der Waals surface area contributed by atoms with Crippen LogP contribution in [0.3, 0.4) is 0 Å². The van der Waals surface area contributed by atoms with Crippen molar-refractivity contribution in [2.75, 3.05) is 6.61 Å². The molecule has 0 aliphatic rings. The Morgan fingerprint density at radius 2 is 1.90 bits per heavy atom. The lowest BCUT2D eigenvalue weighted by Crippen LogP contribution is -2.48. The number of rotatable bonds is 7. The van der Waals surface area contributed by atoms with E-state index in [1.54, 1.807) is 24.3 Å². The molecule has 0 spiro atoms. The molecule has 0 bridgehead atoms. The van der Waals surface area contributed by atoms with Crippen molar-refractivity contribution in [3.8, 4) is 5.75 Å². The van der Waals surface area contributed by atoms with Gasteiger partial charge in [-0.2, -0.15) is 0 Å². The van der Waals surface area contributed by atoms with Crippen LogP contribution in [0.4, 0.5) is 0 Å². The predicted octanol–water partition coefficient (Wildman–Crippen LogP) is 0.785. The highest BCUT2D eigenvalue weighted by Crippen LogP contribution is 2.11. The number of benzene rings is 1. The van der Waals surface area contributed by atoms with Crippen molar-refractivity contribution in [2.45, 2.75) is 38.8 Å². The van der Waals surface area contributed by atoms with Crippen LogP contribution >= 0.6 is 0 Å². The van der Waals surface area contributed by atoms with Gasteiger partial charge in [0.2, 0.25) is 5.91 Å². The highest BCUT2D eigenvalue weighted by Gasteiger charge is 2.20. The first-order valence-corrected chi connectivity index (χ1v) is 6.88. The summed E-state index contributed by atoms with van der Waals surface area (Å²) in [6.45, 7) is 4.02. The van der Waals surface area contributed by atoms with Crippen molar-refractivity contribution in [1.29, 1.82) is 0 Å². The SMILES string of the molecule is CC(C)C(CCO)NC(=O)[C@H](N)Cc1ccc(O)cc1. The molecule has 0 radical (unpaired) electrons. The predicted molar refractivity (Wildman–Crippen MR) is 78.3 cm³/mol. The van der Waals surface area contributed by atoms with E-state index >= 15 is 0 Å². The van der Waals surface area contributed by atoms with E-state index in [2.05, 4.69) is 5.32 Å². The summed E-state index contributed by atoms with van der Waals surface area (Å²) >= 11 is 0. The Hall–Kier alpha value is -1.59. The van der Waals surface area contributed by atoms with Gasteiger partial charge in [-0.15, -0.1) is 0 Å². The van der Waals surface area contributed by atoms with Crippen molar-refractivity contribution in [2.24, 2.45) is 11.7 Å². The summed E-state index contributed by atoms with van der Waals surface area (Å²) in [6.07, 6.45) is 0.936. The second kappa shape index (κ2) is 7.87. The van der Waals surface area contributed by atoms with Crippen LogP contribution in [0.15, 0.2) is 24.3 Å². The zero-order chi connectivity index (χ0) is 15.1. The van der Waals surface area contributed by atoms with Crippen molar-refractivity contribution < 1.29 is 15.0 Å². The standard InChI is InChI=1S/C15H24N2O3/c1-10(2)14(7-8-18)17-15(20)13(16)9-11-3-5-12(19)6-4-11/h3-6,10,13-14,18-19H,7-9,16H2,1-2H3,(H,17,20)/t13-,14?/m1/s1. The maximum atomic E-state index is 12.0. The van der Waals surface area contributed by atoms with Gasteiger partial charge in [0.05, 0.1) is 6.04 Å². The number of aliphatic hydroxyl groups is 1. The number of phenolic OH excluding ortho intramolecular Hbond substituents is 1. The molecule has 20 heavy (non-hydrogen) atoms. The van der Waals surface area contributed by atoms with E-state index in [0.717, 1.165) is 5.56 Å². The Labute approximate surface area is 119 Å². The number of carbonyl (C=O) groups is 1. The molecule has 1 amide bonds. The monoisotopic (exact) mass is 280 g/mol. The van der Waals surface area contributed by atoms with E-state index < -0.39 is 6.04 Å². The Morgan fingerprint density at radius 3 is 2.40 bits per heavy atom. The van der Waals surface area contributed by atoms with Gasteiger partial charge in [-0.25, -0.2) is 0 Å². The smallest absolute Gasteiger partial charge is 0.237 e. The fourth-order valence-corrected chi connectivity index (χ4v) is 1.98. The van der Waals surface area contributed by atoms with Crippen LogP contribution in [0.2, 0.25) is 0 Å². The Morgan fingerprint density at radius 1 is 1.30 bits per heavy atom. The van der Waals surface area contributed by atoms with Crippen molar-refractivity contribution >= 4 is 5.91 Å². The highest BCUT2D eigenvalue weighted by atomic mass is 16.3. The zero-order valence-corrected chi connectivity index (χ0v) is 12.0. The topological polar surface area (TPSA) is 95.6 Å². The molecule has 1 aromatic carbocycles. The van der Waals surface area contributed by atoms with Gasteiger partial charge < -0.3 is 21.3 Å². The molecule has 2 atom stereocenters. The lowest BCUT2D eigenvalue weighted by molar-refractivity contribution is -0.123. The van der Waals surface area contributed by atoms with Crippen LogP contribution in [0.5, 0.6) is 5.75 Å². The molecule has 0 aromatic heterocycles. The molecule has 0 saturated carbocycles. The molecule has 1 unspecified atom stereocenters.